The monoisotopic (exact) mass is 253 g/mol. The topological polar surface area (TPSA) is 48.3 Å². The quantitative estimate of drug-likeness (QED) is 0.738. The standard InChI is InChI=1S/C13H23N3O2/c1-11-12(3-5-18-11)9-16-10-15-8-13(16)7-14-4-6-17-2/h8,10-12,14H,3-7,9H2,1-2H3. The summed E-state index contributed by atoms with van der Waals surface area (Å²) in [5.41, 5.74) is 1.23. The van der Waals surface area contributed by atoms with Crippen LogP contribution < -0.4 is 5.32 Å². The van der Waals surface area contributed by atoms with Gasteiger partial charge in [-0.15, -0.1) is 0 Å². The van der Waals surface area contributed by atoms with E-state index in [1.165, 1.54) is 5.69 Å². The highest BCUT2D eigenvalue weighted by atomic mass is 16.5. The van der Waals surface area contributed by atoms with E-state index in [0.29, 0.717) is 12.0 Å². The third-order valence-corrected chi connectivity index (χ3v) is 3.55. The smallest absolute Gasteiger partial charge is 0.0948 e. The summed E-state index contributed by atoms with van der Waals surface area (Å²) in [6.07, 6.45) is 5.36. The predicted octanol–water partition coefficient (Wildman–Crippen LogP) is 1.04. The van der Waals surface area contributed by atoms with Crippen LogP contribution in [0.25, 0.3) is 0 Å². The number of aromatic nitrogens is 2. The van der Waals surface area contributed by atoms with Gasteiger partial charge in [0.2, 0.25) is 0 Å². The van der Waals surface area contributed by atoms with Crippen LogP contribution in [0.15, 0.2) is 12.5 Å². The maximum absolute atomic E-state index is 5.60. The highest BCUT2D eigenvalue weighted by molar-refractivity contribution is 4.98. The van der Waals surface area contributed by atoms with Gasteiger partial charge in [0, 0.05) is 45.5 Å². The normalized spacial score (nSPS) is 23.7. The second kappa shape index (κ2) is 6.87. The molecule has 0 amide bonds. The molecule has 102 valence electrons. The van der Waals surface area contributed by atoms with Crippen LogP contribution in [0.3, 0.4) is 0 Å². The Bertz CT molecular complexity index is 354. The number of ether oxygens (including phenoxy) is 2. The molecular formula is C13H23N3O2. The van der Waals surface area contributed by atoms with Gasteiger partial charge in [-0.2, -0.15) is 0 Å². The fraction of sp³-hybridized carbons (Fsp3) is 0.769. The van der Waals surface area contributed by atoms with Crippen molar-refractivity contribution in [3.05, 3.63) is 18.2 Å². The summed E-state index contributed by atoms with van der Waals surface area (Å²) in [6, 6.07) is 0. The van der Waals surface area contributed by atoms with Gasteiger partial charge in [0.25, 0.3) is 0 Å². The van der Waals surface area contributed by atoms with E-state index in [4.69, 9.17) is 9.47 Å². The summed E-state index contributed by atoms with van der Waals surface area (Å²) in [7, 11) is 1.72. The molecule has 0 bridgehead atoms. The first-order valence-corrected chi connectivity index (χ1v) is 6.61. The molecule has 2 atom stereocenters. The first kappa shape index (κ1) is 13.5. The Morgan fingerprint density at radius 2 is 2.50 bits per heavy atom. The molecule has 18 heavy (non-hydrogen) atoms. The number of nitrogens with zero attached hydrogens (tertiary/aromatic N) is 2. The summed E-state index contributed by atoms with van der Waals surface area (Å²) in [4.78, 5) is 4.24. The largest absolute Gasteiger partial charge is 0.383 e. The first-order chi connectivity index (χ1) is 8.81. The first-order valence-electron chi connectivity index (χ1n) is 6.61. The van der Waals surface area contributed by atoms with Gasteiger partial charge in [0.1, 0.15) is 0 Å². The molecule has 0 radical (unpaired) electrons. The zero-order valence-corrected chi connectivity index (χ0v) is 11.3. The maximum atomic E-state index is 5.60. The average Bonchev–Trinajstić information content (AvgIpc) is 2.96. The summed E-state index contributed by atoms with van der Waals surface area (Å²) in [5, 5.41) is 3.35. The molecule has 0 spiro atoms. The summed E-state index contributed by atoms with van der Waals surface area (Å²) < 4.78 is 12.8. The number of nitrogens with one attached hydrogen (secondary N) is 1. The second-order valence-electron chi connectivity index (χ2n) is 4.83. The lowest BCUT2D eigenvalue weighted by Crippen LogP contribution is -2.23. The van der Waals surface area contributed by atoms with E-state index >= 15 is 0 Å². The van der Waals surface area contributed by atoms with Gasteiger partial charge < -0.3 is 19.4 Å². The fourth-order valence-corrected chi connectivity index (χ4v) is 2.32. The molecule has 1 N–H and O–H groups in total. The molecule has 0 aliphatic carbocycles. The molecular weight excluding hydrogens is 230 g/mol. The Morgan fingerprint density at radius 3 is 3.22 bits per heavy atom. The van der Waals surface area contributed by atoms with E-state index in [0.717, 1.165) is 39.3 Å². The Kier molecular flexibility index (Phi) is 5.16. The van der Waals surface area contributed by atoms with Gasteiger partial charge in [-0.25, -0.2) is 4.98 Å². The lowest BCUT2D eigenvalue weighted by molar-refractivity contribution is 0.101. The van der Waals surface area contributed by atoms with Gasteiger partial charge in [-0.3, -0.25) is 0 Å². The fourth-order valence-electron chi connectivity index (χ4n) is 2.32. The molecule has 1 aliphatic heterocycles. The van der Waals surface area contributed by atoms with Crippen LogP contribution in [0.2, 0.25) is 0 Å². The average molecular weight is 253 g/mol. The van der Waals surface area contributed by atoms with Crippen LogP contribution in [-0.4, -0.2) is 42.5 Å². The molecule has 5 nitrogen and oxygen atoms in total. The molecule has 1 fully saturated rings. The zero-order chi connectivity index (χ0) is 12.8. The van der Waals surface area contributed by atoms with Crippen molar-refractivity contribution in [1.29, 1.82) is 0 Å². The molecule has 1 aliphatic rings. The minimum absolute atomic E-state index is 0.363. The third kappa shape index (κ3) is 3.54. The van der Waals surface area contributed by atoms with Crippen molar-refractivity contribution in [2.45, 2.75) is 32.5 Å². The van der Waals surface area contributed by atoms with E-state index in [2.05, 4.69) is 21.8 Å². The van der Waals surface area contributed by atoms with E-state index < -0.39 is 0 Å². The summed E-state index contributed by atoms with van der Waals surface area (Å²) in [5.74, 6) is 0.608. The van der Waals surface area contributed by atoms with Crippen LogP contribution in [0.4, 0.5) is 0 Å². The number of imidazole rings is 1. The molecule has 1 aromatic rings. The molecule has 1 aromatic heterocycles. The zero-order valence-electron chi connectivity index (χ0n) is 11.3. The van der Waals surface area contributed by atoms with Crippen molar-refractivity contribution in [3.63, 3.8) is 0 Å². The van der Waals surface area contributed by atoms with Gasteiger partial charge >= 0.3 is 0 Å². The molecule has 2 rings (SSSR count). The highest BCUT2D eigenvalue weighted by Gasteiger charge is 2.24. The van der Waals surface area contributed by atoms with E-state index in [9.17, 15) is 0 Å². The maximum Gasteiger partial charge on any atom is 0.0948 e. The van der Waals surface area contributed by atoms with Crippen molar-refractivity contribution < 1.29 is 9.47 Å². The van der Waals surface area contributed by atoms with Crippen molar-refractivity contribution in [2.75, 3.05) is 26.9 Å². The van der Waals surface area contributed by atoms with Gasteiger partial charge in [-0.05, 0) is 13.3 Å². The summed E-state index contributed by atoms with van der Waals surface area (Å²) in [6.45, 7) is 6.49. The van der Waals surface area contributed by atoms with Crippen LogP contribution in [0, 0.1) is 5.92 Å². The van der Waals surface area contributed by atoms with Crippen LogP contribution in [-0.2, 0) is 22.6 Å². The minimum atomic E-state index is 0.363. The molecule has 2 unspecified atom stereocenters. The molecule has 2 heterocycles. The van der Waals surface area contributed by atoms with Crippen LogP contribution in [0.1, 0.15) is 19.0 Å². The summed E-state index contributed by atoms with van der Waals surface area (Å²) >= 11 is 0. The predicted molar refractivity (Wildman–Crippen MR) is 69.3 cm³/mol. The van der Waals surface area contributed by atoms with E-state index in [1.54, 1.807) is 7.11 Å². The van der Waals surface area contributed by atoms with Crippen molar-refractivity contribution in [3.8, 4) is 0 Å². The van der Waals surface area contributed by atoms with Crippen LogP contribution >= 0.6 is 0 Å². The highest BCUT2D eigenvalue weighted by Crippen LogP contribution is 2.22. The Balaban J connectivity index is 1.83. The Morgan fingerprint density at radius 1 is 1.61 bits per heavy atom. The third-order valence-electron chi connectivity index (χ3n) is 3.55. The van der Waals surface area contributed by atoms with Gasteiger partial charge in [0.05, 0.1) is 24.7 Å². The van der Waals surface area contributed by atoms with Crippen molar-refractivity contribution >= 4 is 0 Å². The van der Waals surface area contributed by atoms with Gasteiger partial charge in [-0.1, -0.05) is 0 Å². The lowest BCUT2D eigenvalue weighted by atomic mass is 10.0. The van der Waals surface area contributed by atoms with Gasteiger partial charge in [0.15, 0.2) is 0 Å². The number of methoxy groups -OCH3 is 1. The van der Waals surface area contributed by atoms with Crippen molar-refractivity contribution in [1.82, 2.24) is 14.9 Å². The second-order valence-corrected chi connectivity index (χ2v) is 4.83. The Labute approximate surface area is 108 Å². The van der Waals surface area contributed by atoms with Crippen molar-refractivity contribution in [2.24, 2.45) is 5.92 Å². The number of hydrogen-bond acceptors (Lipinski definition) is 4. The Hall–Kier alpha value is -0.910. The molecule has 1 saturated heterocycles. The van der Waals surface area contributed by atoms with E-state index in [1.807, 2.05) is 12.5 Å². The lowest BCUT2D eigenvalue weighted by Gasteiger charge is -2.16. The minimum Gasteiger partial charge on any atom is -0.383 e. The number of hydrogen-bond donors (Lipinski definition) is 1. The molecule has 5 heteroatoms. The SMILES string of the molecule is COCCNCc1cncn1CC1CCOC1C. The molecule has 0 saturated carbocycles. The van der Waals surface area contributed by atoms with Crippen LogP contribution in [0.5, 0.6) is 0 Å². The number of rotatable bonds is 7. The molecule has 0 aromatic carbocycles. The van der Waals surface area contributed by atoms with E-state index in [-0.39, 0.29) is 0 Å².